The van der Waals surface area contributed by atoms with Gasteiger partial charge in [-0.3, -0.25) is 4.98 Å². The van der Waals surface area contributed by atoms with Gasteiger partial charge in [-0.15, -0.1) is 0 Å². The number of fused-ring (bicyclic) bond motifs is 1. The van der Waals surface area contributed by atoms with Crippen LogP contribution in [0.4, 0.5) is 10.1 Å². The molecule has 0 aliphatic heterocycles. The molecule has 2 nitrogen and oxygen atoms in total. The standard InChI is InChI=1S/C17H15FN2/c1-12-2-5-16(18)9-17(12)20-10-13-3-4-15-11-19-7-6-14(15)8-13/h2-9,11,20H,10H2,1H3. The molecule has 0 radical (unpaired) electrons. The van der Waals surface area contributed by atoms with Crippen LogP contribution in [0.25, 0.3) is 10.8 Å². The zero-order chi connectivity index (χ0) is 13.9. The second kappa shape index (κ2) is 5.29. The fraction of sp³-hybridized carbons (Fsp3) is 0.118. The van der Waals surface area contributed by atoms with Crippen LogP contribution < -0.4 is 5.32 Å². The van der Waals surface area contributed by atoms with E-state index >= 15 is 0 Å². The van der Waals surface area contributed by atoms with E-state index in [2.05, 4.69) is 28.5 Å². The molecule has 0 amide bonds. The Kier molecular flexibility index (Phi) is 3.33. The number of hydrogen-bond acceptors (Lipinski definition) is 2. The van der Waals surface area contributed by atoms with E-state index < -0.39 is 0 Å². The Bertz CT molecular complexity index is 753. The lowest BCUT2D eigenvalue weighted by Crippen LogP contribution is -2.01. The Hall–Kier alpha value is -2.42. The van der Waals surface area contributed by atoms with Gasteiger partial charge in [0.25, 0.3) is 0 Å². The maximum absolute atomic E-state index is 13.2. The summed E-state index contributed by atoms with van der Waals surface area (Å²) in [5, 5.41) is 5.56. The largest absolute Gasteiger partial charge is 0.381 e. The topological polar surface area (TPSA) is 24.9 Å². The molecule has 100 valence electrons. The smallest absolute Gasteiger partial charge is 0.125 e. The van der Waals surface area contributed by atoms with Crippen molar-refractivity contribution < 1.29 is 4.39 Å². The number of rotatable bonds is 3. The van der Waals surface area contributed by atoms with Crippen LogP contribution in [0.1, 0.15) is 11.1 Å². The highest BCUT2D eigenvalue weighted by molar-refractivity contribution is 5.82. The third kappa shape index (κ3) is 2.62. The Balaban J connectivity index is 1.81. The maximum Gasteiger partial charge on any atom is 0.125 e. The van der Waals surface area contributed by atoms with Gasteiger partial charge in [0.2, 0.25) is 0 Å². The zero-order valence-electron chi connectivity index (χ0n) is 11.2. The molecule has 1 N–H and O–H groups in total. The minimum absolute atomic E-state index is 0.220. The quantitative estimate of drug-likeness (QED) is 0.764. The summed E-state index contributed by atoms with van der Waals surface area (Å²) >= 11 is 0. The molecule has 20 heavy (non-hydrogen) atoms. The molecular weight excluding hydrogens is 251 g/mol. The summed E-state index contributed by atoms with van der Waals surface area (Å²) in [6.07, 6.45) is 3.64. The number of pyridine rings is 1. The molecule has 0 spiro atoms. The van der Waals surface area contributed by atoms with Crippen molar-refractivity contribution in [2.24, 2.45) is 0 Å². The Morgan fingerprint density at radius 1 is 1.05 bits per heavy atom. The number of nitrogens with zero attached hydrogens (tertiary/aromatic N) is 1. The molecule has 1 aromatic heterocycles. The van der Waals surface area contributed by atoms with Gasteiger partial charge in [0, 0.05) is 30.0 Å². The fourth-order valence-corrected chi connectivity index (χ4v) is 2.22. The Morgan fingerprint density at radius 3 is 2.85 bits per heavy atom. The van der Waals surface area contributed by atoms with Crippen LogP contribution in [0.2, 0.25) is 0 Å². The second-order valence-corrected chi connectivity index (χ2v) is 4.87. The van der Waals surface area contributed by atoms with E-state index in [0.29, 0.717) is 6.54 Å². The van der Waals surface area contributed by atoms with Crippen molar-refractivity contribution >= 4 is 16.5 Å². The monoisotopic (exact) mass is 266 g/mol. The molecule has 0 saturated heterocycles. The Labute approximate surface area is 117 Å². The van der Waals surface area contributed by atoms with E-state index in [4.69, 9.17) is 0 Å². The first-order valence-electron chi connectivity index (χ1n) is 6.55. The molecule has 0 aliphatic rings. The fourth-order valence-electron chi connectivity index (χ4n) is 2.22. The summed E-state index contributed by atoms with van der Waals surface area (Å²) in [5.74, 6) is -0.220. The number of aryl methyl sites for hydroxylation is 1. The van der Waals surface area contributed by atoms with Gasteiger partial charge in [-0.1, -0.05) is 18.2 Å². The number of anilines is 1. The lowest BCUT2D eigenvalue weighted by Gasteiger charge is -2.10. The summed E-state index contributed by atoms with van der Waals surface area (Å²) in [6, 6.07) is 13.0. The average Bonchev–Trinajstić information content (AvgIpc) is 2.48. The van der Waals surface area contributed by atoms with Gasteiger partial charge in [0.1, 0.15) is 5.82 Å². The third-order valence-electron chi connectivity index (χ3n) is 3.39. The summed E-state index contributed by atoms with van der Waals surface area (Å²) in [7, 11) is 0. The summed E-state index contributed by atoms with van der Waals surface area (Å²) < 4.78 is 13.2. The number of nitrogens with one attached hydrogen (secondary N) is 1. The van der Waals surface area contributed by atoms with Crippen molar-refractivity contribution in [3.63, 3.8) is 0 Å². The first-order chi connectivity index (χ1) is 9.72. The highest BCUT2D eigenvalue weighted by Gasteiger charge is 2.01. The van der Waals surface area contributed by atoms with E-state index in [0.717, 1.165) is 27.6 Å². The molecule has 0 bridgehead atoms. The van der Waals surface area contributed by atoms with Crippen LogP contribution in [0.3, 0.4) is 0 Å². The summed E-state index contributed by atoms with van der Waals surface area (Å²) in [4.78, 5) is 4.10. The van der Waals surface area contributed by atoms with Crippen LogP contribution >= 0.6 is 0 Å². The van der Waals surface area contributed by atoms with Crippen LogP contribution in [0, 0.1) is 12.7 Å². The number of halogens is 1. The van der Waals surface area contributed by atoms with Crippen LogP contribution in [0.15, 0.2) is 54.9 Å². The maximum atomic E-state index is 13.2. The van der Waals surface area contributed by atoms with Crippen molar-refractivity contribution in [2.75, 3.05) is 5.32 Å². The highest BCUT2D eigenvalue weighted by atomic mass is 19.1. The third-order valence-corrected chi connectivity index (χ3v) is 3.39. The van der Waals surface area contributed by atoms with Crippen LogP contribution in [0.5, 0.6) is 0 Å². The highest BCUT2D eigenvalue weighted by Crippen LogP contribution is 2.19. The van der Waals surface area contributed by atoms with E-state index in [9.17, 15) is 4.39 Å². The lowest BCUT2D eigenvalue weighted by molar-refractivity contribution is 0.628. The van der Waals surface area contributed by atoms with E-state index in [1.807, 2.05) is 19.2 Å². The van der Waals surface area contributed by atoms with Crippen LogP contribution in [-0.4, -0.2) is 4.98 Å². The minimum Gasteiger partial charge on any atom is -0.381 e. The molecule has 0 fully saturated rings. The zero-order valence-corrected chi connectivity index (χ0v) is 11.2. The molecule has 1 heterocycles. The first kappa shape index (κ1) is 12.6. The molecular formula is C17H15FN2. The van der Waals surface area contributed by atoms with Gasteiger partial charge in [0.15, 0.2) is 0 Å². The SMILES string of the molecule is Cc1ccc(F)cc1NCc1ccc2cnccc2c1. The van der Waals surface area contributed by atoms with Gasteiger partial charge < -0.3 is 5.32 Å². The van der Waals surface area contributed by atoms with Crippen molar-refractivity contribution in [3.05, 3.63) is 71.8 Å². The minimum atomic E-state index is -0.220. The van der Waals surface area contributed by atoms with Crippen LogP contribution in [-0.2, 0) is 6.54 Å². The van der Waals surface area contributed by atoms with Crippen molar-refractivity contribution in [1.29, 1.82) is 0 Å². The number of benzene rings is 2. The molecule has 3 rings (SSSR count). The van der Waals surface area contributed by atoms with Gasteiger partial charge in [0.05, 0.1) is 0 Å². The second-order valence-electron chi connectivity index (χ2n) is 4.87. The summed E-state index contributed by atoms with van der Waals surface area (Å²) in [5.41, 5.74) is 3.03. The molecule has 0 atom stereocenters. The van der Waals surface area contributed by atoms with Gasteiger partial charge >= 0.3 is 0 Å². The lowest BCUT2D eigenvalue weighted by atomic mass is 10.1. The Morgan fingerprint density at radius 2 is 1.95 bits per heavy atom. The molecule has 3 heteroatoms. The van der Waals surface area contributed by atoms with Gasteiger partial charge in [-0.05, 0) is 47.7 Å². The molecule has 3 aromatic rings. The predicted octanol–water partition coefficient (Wildman–Crippen LogP) is 4.29. The molecule has 2 aromatic carbocycles. The normalized spacial score (nSPS) is 10.7. The molecule has 0 saturated carbocycles. The van der Waals surface area contributed by atoms with Crippen molar-refractivity contribution in [1.82, 2.24) is 4.98 Å². The van der Waals surface area contributed by atoms with E-state index in [1.54, 1.807) is 12.3 Å². The summed E-state index contributed by atoms with van der Waals surface area (Å²) in [6.45, 7) is 2.64. The molecule has 0 aliphatic carbocycles. The molecule has 0 unspecified atom stereocenters. The number of aromatic nitrogens is 1. The number of hydrogen-bond donors (Lipinski definition) is 1. The predicted molar refractivity (Wildman–Crippen MR) is 80.2 cm³/mol. The van der Waals surface area contributed by atoms with Crippen molar-refractivity contribution in [3.8, 4) is 0 Å². The average molecular weight is 266 g/mol. The van der Waals surface area contributed by atoms with Gasteiger partial charge in [-0.2, -0.15) is 0 Å². The van der Waals surface area contributed by atoms with Gasteiger partial charge in [-0.25, -0.2) is 4.39 Å². The van der Waals surface area contributed by atoms with Crippen molar-refractivity contribution in [2.45, 2.75) is 13.5 Å². The first-order valence-corrected chi connectivity index (χ1v) is 6.55. The van der Waals surface area contributed by atoms with E-state index in [1.165, 1.54) is 12.1 Å². The van der Waals surface area contributed by atoms with E-state index in [-0.39, 0.29) is 5.82 Å².